The zero-order valence-electron chi connectivity index (χ0n) is 12.9. The Kier molecular flexibility index (Phi) is 5.57. The summed E-state index contributed by atoms with van der Waals surface area (Å²) in [6.07, 6.45) is -0.0332. The third kappa shape index (κ3) is 4.91. The van der Waals surface area contributed by atoms with Crippen molar-refractivity contribution in [2.45, 2.75) is 39.2 Å². The summed E-state index contributed by atoms with van der Waals surface area (Å²) in [7, 11) is 1.23. The van der Waals surface area contributed by atoms with Gasteiger partial charge in [0.25, 0.3) is 0 Å². The van der Waals surface area contributed by atoms with E-state index in [2.05, 4.69) is 4.74 Å². The molecule has 0 aromatic heterocycles. The third-order valence-electron chi connectivity index (χ3n) is 3.38. The molecule has 0 saturated carbocycles. The molecule has 7 heteroatoms. The van der Waals surface area contributed by atoms with Crippen LogP contribution in [0.2, 0.25) is 0 Å². The first-order chi connectivity index (χ1) is 9.65. The summed E-state index contributed by atoms with van der Waals surface area (Å²) in [5.41, 5.74) is -0.614. The van der Waals surface area contributed by atoms with Crippen LogP contribution in [0.4, 0.5) is 4.79 Å². The summed E-state index contributed by atoms with van der Waals surface area (Å²) in [6.45, 7) is 5.82. The second-order valence-electron chi connectivity index (χ2n) is 6.12. The van der Waals surface area contributed by atoms with E-state index < -0.39 is 35.5 Å². The van der Waals surface area contributed by atoms with E-state index in [9.17, 15) is 19.5 Å². The van der Waals surface area contributed by atoms with E-state index >= 15 is 0 Å². The fourth-order valence-corrected chi connectivity index (χ4v) is 2.34. The van der Waals surface area contributed by atoms with Crippen LogP contribution in [0, 0.1) is 11.8 Å². The fraction of sp³-hybridized carbons (Fsp3) is 0.786. The van der Waals surface area contributed by atoms with Crippen LogP contribution < -0.4 is 0 Å². The van der Waals surface area contributed by atoms with Gasteiger partial charge < -0.3 is 19.5 Å². The number of carbonyl (C=O) groups is 3. The maximum Gasteiger partial charge on any atom is 0.410 e. The van der Waals surface area contributed by atoms with Gasteiger partial charge in [0.2, 0.25) is 0 Å². The van der Waals surface area contributed by atoms with Gasteiger partial charge in [-0.2, -0.15) is 0 Å². The van der Waals surface area contributed by atoms with Gasteiger partial charge in [0.1, 0.15) is 5.60 Å². The summed E-state index contributed by atoms with van der Waals surface area (Å²) >= 11 is 0. The van der Waals surface area contributed by atoms with Crippen LogP contribution >= 0.6 is 0 Å². The quantitative estimate of drug-likeness (QED) is 0.777. The van der Waals surface area contributed by atoms with Crippen molar-refractivity contribution in [1.82, 2.24) is 4.90 Å². The average Bonchev–Trinajstić information content (AvgIpc) is 2.58. The third-order valence-corrected chi connectivity index (χ3v) is 3.38. The van der Waals surface area contributed by atoms with E-state index in [0.717, 1.165) is 0 Å². The van der Waals surface area contributed by atoms with Crippen LogP contribution in [-0.2, 0) is 19.1 Å². The number of esters is 1. The number of nitrogens with zero attached hydrogens (tertiary/aromatic N) is 1. The van der Waals surface area contributed by atoms with Crippen LogP contribution in [-0.4, -0.2) is 53.8 Å². The van der Waals surface area contributed by atoms with Crippen molar-refractivity contribution >= 4 is 18.0 Å². The standard InChI is InChI=1S/C14H23NO6/c1-14(2,3)21-13(19)15-7-5-9(11(16)17)10(6-8-15)12(18)20-4/h9-10H,5-8H2,1-4H3,(H,16,17). The van der Waals surface area contributed by atoms with Crippen LogP contribution in [0.1, 0.15) is 33.6 Å². The fourth-order valence-electron chi connectivity index (χ4n) is 2.34. The van der Waals surface area contributed by atoms with Gasteiger partial charge in [0.15, 0.2) is 0 Å². The first-order valence-electron chi connectivity index (χ1n) is 6.94. The lowest BCUT2D eigenvalue weighted by Gasteiger charge is -2.26. The number of carbonyl (C=O) groups excluding carboxylic acids is 2. The van der Waals surface area contributed by atoms with Gasteiger partial charge in [-0.25, -0.2) is 4.79 Å². The topological polar surface area (TPSA) is 93.1 Å². The van der Waals surface area contributed by atoms with E-state index in [0.29, 0.717) is 0 Å². The Hall–Kier alpha value is -1.79. The lowest BCUT2D eigenvalue weighted by Crippen LogP contribution is -2.37. The molecule has 1 fully saturated rings. The maximum atomic E-state index is 12.0. The predicted molar refractivity (Wildman–Crippen MR) is 73.7 cm³/mol. The van der Waals surface area contributed by atoms with Crippen LogP contribution in [0.5, 0.6) is 0 Å². The highest BCUT2D eigenvalue weighted by Crippen LogP contribution is 2.26. The summed E-state index contributed by atoms with van der Waals surface area (Å²) in [6, 6.07) is 0. The van der Waals surface area contributed by atoms with Crippen molar-refractivity contribution in [3.63, 3.8) is 0 Å². The molecule has 0 aliphatic carbocycles. The van der Waals surface area contributed by atoms with Gasteiger partial charge in [-0.05, 0) is 33.6 Å². The van der Waals surface area contributed by atoms with Gasteiger partial charge in [0.05, 0.1) is 18.9 Å². The van der Waals surface area contributed by atoms with Crippen LogP contribution in [0.15, 0.2) is 0 Å². The van der Waals surface area contributed by atoms with Gasteiger partial charge >= 0.3 is 18.0 Å². The molecule has 120 valence electrons. The Morgan fingerprint density at radius 1 is 1.10 bits per heavy atom. The zero-order chi connectivity index (χ0) is 16.2. The van der Waals surface area contributed by atoms with E-state index in [1.807, 2.05) is 0 Å². The lowest BCUT2D eigenvalue weighted by atomic mass is 9.88. The Bertz CT molecular complexity index is 414. The molecule has 2 atom stereocenters. The van der Waals surface area contributed by atoms with E-state index in [1.165, 1.54) is 12.0 Å². The van der Waals surface area contributed by atoms with E-state index in [4.69, 9.17) is 4.74 Å². The second kappa shape index (κ2) is 6.78. The molecule has 1 aliphatic heterocycles. The largest absolute Gasteiger partial charge is 0.481 e. The van der Waals surface area contributed by atoms with Crippen LogP contribution in [0.25, 0.3) is 0 Å². The van der Waals surface area contributed by atoms with Gasteiger partial charge in [-0.15, -0.1) is 0 Å². The molecule has 1 saturated heterocycles. The molecular formula is C14H23NO6. The minimum absolute atomic E-state index is 0.203. The zero-order valence-corrected chi connectivity index (χ0v) is 12.9. The second-order valence-corrected chi connectivity index (χ2v) is 6.12. The van der Waals surface area contributed by atoms with E-state index in [1.54, 1.807) is 20.8 Å². The maximum absolute atomic E-state index is 12.0. The lowest BCUT2D eigenvalue weighted by molar-refractivity contribution is -0.155. The number of hydrogen-bond acceptors (Lipinski definition) is 5. The predicted octanol–water partition coefficient (Wildman–Crippen LogP) is 1.51. The molecule has 2 unspecified atom stereocenters. The molecule has 0 bridgehead atoms. The van der Waals surface area contributed by atoms with Crippen molar-refractivity contribution in [2.75, 3.05) is 20.2 Å². The van der Waals surface area contributed by atoms with Crippen molar-refractivity contribution in [1.29, 1.82) is 0 Å². The monoisotopic (exact) mass is 301 g/mol. The molecule has 1 rings (SSSR count). The number of aliphatic carboxylic acids is 1. The molecule has 7 nitrogen and oxygen atoms in total. The number of likely N-dealkylation sites (tertiary alicyclic amines) is 1. The number of carboxylic acid groups (broad SMARTS) is 1. The van der Waals surface area contributed by atoms with Crippen molar-refractivity contribution < 1.29 is 29.0 Å². The first-order valence-corrected chi connectivity index (χ1v) is 6.94. The molecule has 21 heavy (non-hydrogen) atoms. The molecule has 1 aliphatic rings. The Balaban J connectivity index is 2.79. The smallest absolute Gasteiger partial charge is 0.410 e. The highest BCUT2D eigenvalue weighted by atomic mass is 16.6. The van der Waals surface area contributed by atoms with Gasteiger partial charge in [-0.3, -0.25) is 9.59 Å². The Morgan fingerprint density at radius 3 is 2.05 bits per heavy atom. The number of methoxy groups -OCH3 is 1. The van der Waals surface area contributed by atoms with Crippen molar-refractivity contribution in [2.24, 2.45) is 11.8 Å². The molecule has 1 N–H and O–H groups in total. The molecule has 1 amide bonds. The highest BCUT2D eigenvalue weighted by molar-refractivity contribution is 5.81. The molecule has 0 spiro atoms. The first kappa shape index (κ1) is 17.3. The number of carboxylic acids is 1. The van der Waals surface area contributed by atoms with Gasteiger partial charge in [0, 0.05) is 13.1 Å². The summed E-state index contributed by atoms with van der Waals surface area (Å²) in [5, 5.41) is 9.25. The average molecular weight is 301 g/mol. The van der Waals surface area contributed by atoms with E-state index in [-0.39, 0.29) is 25.9 Å². The van der Waals surface area contributed by atoms with Crippen molar-refractivity contribution in [3.8, 4) is 0 Å². The minimum Gasteiger partial charge on any atom is -0.481 e. The number of amides is 1. The number of hydrogen-bond donors (Lipinski definition) is 1. The summed E-state index contributed by atoms with van der Waals surface area (Å²) < 4.78 is 9.94. The molecule has 0 aromatic carbocycles. The normalized spacial score (nSPS) is 23.1. The Labute approximate surface area is 124 Å². The Morgan fingerprint density at radius 2 is 1.62 bits per heavy atom. The molecular weight excluding hydrogens is 278 g/mol. The number of rotatable bonds is 2. The van der Waals surface area contributed by atoms with Gasteiger partial charge in [-0.1, -0.05) is 0 Å². The summed E-state index contributed by atoms with van der Waals surface area (Å²) in [5.74, 6) is -3.17. The minimum atomic E-state index is -1.04. The summed E-state index contributed by atoms with van der Waals surface area (Å²) in [4.78, 5) is 36.5. The molecule has 0 radical (unpaired) electrons. The molecule has 0 aromatic rings. The molecule has 1 heterocycles. The van der Waals surface area contributed by atoms with Crippen LogP contribution in [0.3, 0.4) is 0 Å². The van der Waals surface area contributed by atoms with Crippen molar-refractivity contribution in [3.05, 3.63) is 0 Å². The SMILES string of the molecule is COC(=O)C1CCN(C(=O)OC(C)(C)C)CCC1C(=O)O. The number of ether oxygens (including phenoxy) is 2. The highest BCUT2D eigenvalue weighted by Gasteiger charge is 2.38.